The monoisotopic (exact) mass is 945 g/mol. The Kier molecular flexibility index (Phi) is 55.2. The topological polar surface area (TPSA) is 78.9 Å². The van der Waals surface area contributed by atoms with Crippen molar-refractivity contribution in [3.05, 3.63) is 12.2 Å². The predicted octanol–water partition coefficient (Wildman–Crippen LogP) is 20.1. The van der Waals surface area contributed by atoms with E-state index in [2.05, 4.69) is 32.9 Å². The fourth-order valence-electron chi connectivity index (χ4n) is 9.21. The molecule has 67 heavy (non-hydrogen) atoms. The molecule has 1 atom stereocenters. The van der Waals surface area contributed by atoms with Crippen LogP contribution in [0.4, 0.5) is 0 Å². The Morgan fingerprint density at radius 1 is 0.284 bits per heavy atom. The van der Waals surface area contributed by atoms with E-state index in [0.29, 0.717) is 19.3 Å². The second-order valence-corrected chi connectivity index (χ2v) is 20.6. The van der Waals surface area contributed by atoms with Crippen molar-refractivity contribution in [1.82, 2.24) is 0 Å². The summed E-state index contributed by atoms with van der Waals surface area (Å²) in [7, 11) is 0. The molecule has 0 fully saturated rings. The van der Waals surface area contributed by atoms with Crippen LogP contribution < -0.4 is 0 Å². The second-order valence-electron chi connectivity index (χ2n) is 20.6. The largest absolute Gasteiger partial charge is 0.462 e. The summed E-state index contributed by atoms with van der Waals surface area (Å²) in [5, 5.41) is 0. The normalized spacial score (nSPS) is 12.0. The average molecular weight is 946 g/mol. The van der Waals surface area contributed by atoms with Crippen LogP contribution in [0.2, 0.25) is 0 Å². The number of hydrogen-bond donors (Lipinski definition) is 0. The van der Waals surface area contributed by atoms with Gasteiger partial charge in [0.1, 0.15) is 13.2 Å². The van der Waals surface area contributed by atoms with Gasteiger partial charge in [-0.05, 0) is 44.9 Å². The number of hydrogen-bond acceptors (Lipinski definition) is 6. The van der Waals surface area contributed by atoms with Crippen molar-refractivity contribution in [3.63, 3.8) is 0 Å². The van der Waals surface area contributed by atoms with Gasteiger partial charge in [0.15, 0.2) is 6.10 Å². The minimum atomic E-state index is -0.768. The smallest absolute Gasteiger partial charge is 0.306 e. The van der Waals surface area contributed by atoms with Crippen LogP contribution in [-0.2, 0) is 28.6 Å². The number of rotatable bonds is 56. The van der Waals surface area contributed by atoms with E-state index in [4.69, 9.17) is 14.2 Å². The van der Waals surface area contributed by atoms with Crippen molar-refractivity contribution in [3.8, 4) is 0 Å². The summed E-state index contributed by atoms with van der Waals surface area (Å²) < 4.78 is 16.9. The van der Waals surface area contributed by atoms with Gasteiger partial charge in [0.25, 0.3) is 0 Å². The minimum Gasteiger partial charge on any atom is -0.462 e. The number of unbranched alkanes of at least 4 members (excludes halogenated alkanes) is 43. The standard InChI is InChI=1S/C61H116O6/c1-4-7-10-13-16-19-22-25-28-30-31-34-36-39-42-45-48-51-54-60(63)66-57-58(56-65-59(62)53-50-47-44-41-38-35-32-27-24-21-18-15-12-9-6-3)67-61(64)55-52-49-46-43-40-37-33-29-26-23-20-17-14-11-8-5-2/h27,32,58H,4-26,28-31,33-57H2,1-3H3/b32-27-/t58-/m1/s1. The van der Waals surface area contributed by atoms with Gasteiger partial charge in [0.05, 0.1) is 0 Å². The van der Waals surface area contributed by atoms with E-state index in [1.807, 2.05) is 0 Å². The van der Waals surface area contributed by atoms with Gasteiger partial charge in [0.2, 0.25) is 0 Å². The summed E-state index contributed by atoms with van der Waals surface area (Å²) in [5.74, 6) is -0.847. The highest BCUT2D eigenvalue weighted by Gasteiger charge is 2.19. The first-order valence-corrected chi connectivity index (χ1v) is 30.2. The van der Waals surface area contributed by atoms with Crippen LogP contribution in [0.25, 0.3) is 0 Å². The maximum absolute atomic E-state index is 12.9. The first-order chi connectivity index (χ1) is 33.0. The van der Waals surface area contributed by atoms with Crippen molar-refractivity contribution in [2.75, 3.05) is 13.2 Å². The van der Waals surface area contributed by atoms with Gasteiger partial charge in [-0.2, -0.15) is 0 Å². The first kappa shape index (κ1) is 65.1. The summed E-state index contributed by atoms with van der Waals surface area (Å²) in [6.45, 7) is 6.70. The van der Waals surface area contributed by atoms with E-state index in [1.54, 1.807) is 0 Å². The number of allylic oxidation sites excluding steroid dienone is 2. The fraction of sp³-hybridized carbons (Fsp3) is 0.918. The van der Waals surface area contributed by atoms with Crippen LogP contribution in [0.1, 0.15) is 342 Å². The third kappa shape index (κ3) is 55.0. The number of carbonyl (C=O) groups is 3. The summed E-state index contributed by atoms with van der Waals surface area (Å²) in [6.07, 6.45) is 64.9. The third-order valence-electron chi connectivity index (χ3n) is 13.8. The number of carbonyl (C=O) groups excluding carboxylic acids is 3. The van der Waals surface area contributed by atoms with Crippen molar-refractivity contribution in [1.29, 1.82) is 0 Å². The average Bonchev–Trinajstić information content (AvgIpc) is 3.33. The highest BCUT2D eigenvalue weighted by molar-refractivity contribution is 5.71. The lowest BCUT2D eigenvalue weighted by atomic mass is 10.0. The molecule has 0 heterocycles. The summed E-state index contributed by atoms with van der Waals surface area (Å²) in [4.78, 5) is 38.2. The molecule has 0 aromatic rings. The zero-order valence-electron chi connectivity index (χ0n) is 45.5. The molecule has 0 aliphatic carbocycles. The van der Waals surface area contributed by atoms with Gasteiger partial charge in [0, 0.05) is 19.3 Å². The lowest BCUT2D eigenvalue weighted by Gasteiger charge is -2.18. The second kappa shape index (κ2) is 56.7. The molecule has 0 N–H and O–H groups in total. The van der Waals surface area contributed by atoms with Gasteiger partial charge in [-0.25, -0.2) is 0 Å². The molecule has 0 aromatic carbocycles. The Labute approximate surface area is 418 Å². The fourth-order valence-corrected chi connectivity index (χ4v) is 9.21. The zero-order valence-corrected chi connectivity index (χ0v) is 45.5. The Balaban J connectivity index is 4.31. The van der Waals surface area contributed by atoms with Gasteiger partial charge in [-0.1, -0.05) is 290 Å². The van der Waals surface area contributed by atoms with Gasteiger partial charge in [-0.3, -0.25) is 14.4 Å². The minimum absolute atomic E-state index is 0.0662. The molecular weight excluding hydrogens is 829 g/mol. The van der Waals surface area contributed by atoms with Crippen molar-refractivity contribution in [2.45, 2.75) is 348 Å². The molecule has 0 radical (unpaired) electrons. The molecule has 0 aromatic heterocycles. The highest BCUT2D eigenvalue weighted by atomic mass is 16.6. The Hall–Kier alpha value is -1.85. The van der Waals surface area contributed by atoms with Crippen LogP contribution in [0.5, 0.6) is 0 Å². The van der Waals surface area contributed by atoms with Crippen molar-refractivity contribution < 1.29 is 28.6 Å². The van der Waals surface area contributed by atoms with Crippen LogP contribution >= 0.6 is 0 Å². The molecule has 0 unspecified atom stereocenters. The molecule has 0 saturated carbocycles. The van der Waals surface area contributed by atoms with E-state index < -0.39 is 6.10 Å². The van der Waals surface area contributed by atoms with Gasteiger partial charge >= 0.3 is 17.9 Å². The lowest BCUT2D eigenvalue weighted by molar-refractivity contribution is -0.167. The molecule has 0 bridgehead atoms. The number of esters is 3. The van der Waals surface area contributed by atoms with Crippen molar-refractivity contribution in [2.24, 2.45) is 0 Å². The third-order valence-corrected chi connectivity index (χ3v) is 13.8. The van der Waals surface area contributed by atoms with E-state index in [0.717, 1.165) is 64.2 Å². The quantitative estimate of drug-likeness (QED) is 0.0262. The summed E-state index contributed by atoms with van der Waals surface area (Å²) in [5.41, 5.74) is 0. The van der Waals surface area contributed by atoms with Crippen LogP contribution in [0, 0.1) is 0 Å². The van der Waals surface area contributed by atoms with E-state index >= 15 is 0 Å². The summed E-state index contributed by atoms with van der Waals surface area (Å²) in [6, 6.07) is 0. The Bertz CT molecular complexity index is 1040. The van der Waals surface area contributed by atoms with Crippen LogP contribution in [0.15, 0.2) is 12.2 Å². The maximum Gasteiger partial charge on any atom is 0.306 e. The predicted molar refractivity (Wildman–Crippen MR) is 289 cm³/mol. The molecule has 0 aliphatic heterocycles. The van der Waals surface area contributed by atoms with Crippen LogP contribution in [-0.4, -0.2) is 37.2 Å². The van der Waals surface area contributed by atoms with E-state index in [-0.39, 0.29) is 31.1 Å². The van der Waals surface area contributed by atoms with Gasteiger partial charge < -0.3 is 14.2 Å². The van der Waals surface area contributed by atoms with E-state index in [9.17, 15) is 14.4 Å². The molecule has 0 aliphatic rings. The molecular formula is C61H116O6. The molecule has 0 rings (SSSR count). The molecule has 0 saturated heterocycles. The molecule has 6 nitrogen and oxygen atoms in total. The Morgan fingerprint density at radius 2 is 0.493 bits per heavy atom. The molecule has 396 valence electrons. The van der Waals surface area contributed by atoms with Gasteiger partial charge in [-0.15, -0.1) is 0 Å². The SMILES string of the molecule is CCCCCCCC/C=C\CCCCCCCC(=O)OC[C@H](COC(=O)CCCCCCCCCCCCCCCCCCCC)OC(=O)CCCCCCCCCCCCCCCCCC. The van der Waals surface area contributed by atoms with Crippen LogP contribution in [0.3, 0.4) is 0 Å². The molecule has 6 heteroatoms. The Morgan fingerprint density at radius 3 is 0.746 bits per heavy atom. The zero-order chi connectivity index (χ0) is 48.6. The lowest BCUT2D eigenvalue weighted by Crippen LogP contribution is -2.30. The number of ether oxygens (including phenoxy) is 3. The maximum atomic E-state index is 12.9. The van der Waals surface area contributed by atoms with E-state index in [1.165, 1.54) is 238 Å². The highest BCUT2D eigenvalue weighted by Crippen LogP contribution is 2.18. The molecule has 0 amide bonds. The first-order valence-electron chi connectivity index (χ1n) is 30.2. The van der Waals surface area contributed by atoms with Crippen molar-refractivity contribution >= 4 is 17.9 Å². The molecule has 0 spiro atoms. The summed E-state index contributed by atoms with van der Waals surface area (Å²) >= 11 is 0.